The zero-order chi connectivity index (χ0) is 15.5. The highest BCUT2D eigenvalue weighted by Crippen LogP contribution is 2.16. The van der Waals surface area contributed by atoms with Crippen molar-refractivity contribution in [2.45, 2.75) is 25.3 Å². The highest BCUT2D eigenvalue weighted by Gasteiger charge is 2.14. The maximum absolute atomic E-state index is 12.2. The predicted octanol–water partition coefficient (Wildman–Crippen LogP) is 2.79. The fraction of sp³-hybridized carbons (Fsp3) is 0.250. The van der Waals surface area contributed by atoms with Gasteiger partial charge >= 0.3 is 0 Å². The SMILES string of the molecule is COc1ccc(S(=O)(=O)NCc2ccc(C)cc2C)cc1. The molecule has 4 nitrogen and oxygen atoms in total. The quantitative estimate of drug-likeness (QED) is 0.924. The largest absolute Gasteiger partial charge is 0.497 e. The van der Waals surface area contributed by atoms with E-state index in [0.717, 1.165) is 16.7 Å². The standard InChI is InChI=1S/C16H19NO3S/c1-12-4-5-14(13(2)10-12)11-17-21(18,19)16-8-6-15(20-3)7-9-16/h4-10,17H,11H2,1-3H3. The van der Waals surface area contributed by atoms with E-state index in [1.54, 1.807) is 19.2 Å². The highest BCUT2D eigenvalue weighted by atomic mass is 32.2. The van der Waals surface area contributed by atoms with Crippen LogP contribution in [0, 0.1) is 13.8 Å². The minimum Gasteiger partial charge on any atom is -0.497 e. The van der Waals surface area contributed by atoms with E-state index in [1.165, 1.54) is 12.1 Å². The molecule has 0 fully saturated rings. The molecule has 0 saturated heterocycles. The zero-order valence-electron chi connectivity index (χ0n) is 12.4. The van der Waals surface area contributed by atoms with Crippen molar-refractivity contribution in [2.24, 2.45) is 0 Å². The van der Waals surface area contributed by atoms with Gasteiger partial charge in [-0.25, -0.2) is 13.1 Å². The molecule has 112 valence electrons. The number of aryl methyl sites for hydroxylation is 2. The lowest BCUT2D eigenvalue weighted by Gasteiger charge is -2.10. The van der Waals surface area contributed by atoms with E-state index in [4.69, 9.17) is 4.74 Å². The van der Waals surface area contributed by atoms with Gasteiger partial charge < -0.3 is 4.74 Å². The van der Waals surface area contributed by atoms with Crippen molar-refractivity contribution in [1.29, 1.82) is 0 Å². The number of rotatable bonds is 5. The number of benzene rings is 2. The summed E-state index contributed by atoms with van der Waals surface area (Å²) in [7, 11) is -1.97. The molecule has 0 unspecified atom stereocenters. The molecule has 0 aliphatic rings. The molecule has 0 aromatic heterocycles. The third kappa shape index (κ3) is 3.83. The lowest BCUT2D eigenvalue weighted by molar-refractivity contribution is 0.414. The molecule has 0 aliphatic carbocycles. The van der Waals surface area contributed by atoms with Crippen LogP contribution in [-0.2, 0) is 16.6 Å². The van der Waals surface area contributed by atoms with E-state index in [-0.39, 0.29) is 11.4 Å². The molecule has 2 aromatic carbocycles. The topological polar surface area (TPSA) is 55.4 Å². The molecule has 0 radical (unpaired) electrons. The van der Waals surface area contributed by atoms with Crippen molar-refractivity contribution in [1.82, 2.24) is 4.72 Å². The molecule has 2 rings (SSSR count). The summed E-state index contributed by atoms with van der Waals surface area (Å²) in [4.78, 5) is 0.230. The summed E-state index contributed by atoms with van der Waals surface area (Å²) < 4.78 is 32.1. The van der Waals surface area contributed by atoms with Gasteiger partial charge in [-0.3, -0.25) is 0 Å². The first-order valence-electron chi connectivity index (χ1n) is 6.62. The monoisotopic (exact) mass is 305 g/mol. The Kier molecular flexibility index (Phi) is 4.65. The number of hydrogen-bond acceptors (Lipinski definition) is 3. The molecule has 5 heteroatoms. The molecule has 0 bridgehead atoms. The van der Waals surface area contributed by atoms with Crippen molar-refractivity contribution in [2.75, 3.05) is 7.11 Å². The van der Waals surface area contributed by atoms with Crippen LogP contribution in [0.3, 0.4) is 0 Å². The van der Waals surface area contributed by atoms with E-state index in [2.05, 4.69) is 4.72 Å². The second kappa shape index (κ2) is 6.28. The molecular weight excluding hydrogens is 286 g/mol. The number of nitrogens with one attached hydrogen (secondary N) is 1. The molecule has 0 atom stereocenters. The predicted molar refractivity (Wildman–Crippen MR) is 82.9 cm³/mol. The fourth-order valence-corrected chi connectivity index (χ4v) is 3.06. The summed E-state index contributed by atoms with van der Waals surface area (Å²) in [6.45, 7) is 4.27. The minimum atomic E-state index is -3.52. The summed E-state index contributed by atoms with van der Waals surface area (Å²) >= 11 is 0. The van der Waals surface area contributed by atoms with E-state index >= 15 is 0 Å². The third-order valence-corrected chi connectivity index (χ3v) is 4.74. The van der Waals surface area contributed by atoms with Gasteiger partial charge in [-0.1, -0.05) is 23.8 Å². The van der Waals surface area contributed by atoms with Crippen LogP contribution in [0.4, 0.5) is 0 Å². The van der Waals surface area contributed by atoms with Crippen LogP contribution >= 0.6 is 0 Å². The number of methoxy groups -OCH3 is 1. The van der Waals surface area contributed by atoms with Crippen LogP contribution in [0.2, 0.25) is 0 Å². The van der Waals surface area contributed by atoms with Gasteiger partial charge in [0.15, 0.2) is 0 Å². The average Bonchev–Trinajstić information content (AvgIpc) is 2.46. The van der Waals surface area contributed by atoms with Crippen LogP contribution in [0.15, 0.2) is 47.4 Å². The Hall–Kier alpha value is -1.85. The van der Waals surface area contributed by atoms with Crippen molar-refractivity contribution < 1.29 is 13.2 Å². The Morgan fingerprint density at radius 2 is 1.71 bits per heavy atom. The molecule has 2 aromatic rings. The van der Waals surface area contributed by atoms with Crippen molar-refractivity contribution in [3.05, 3.63) is 59.2 Å². The number of ether oxygens (including phenoxy) is 1. The molecule has 1 N–H and O–H groups in total. The first-order valence-corrected chi connectivity index (χ1v) is 8.10. The van der Waals surface area contributed by atoms with E-state index in [1.807, 2.05) is 32.0 Å². The Balaban J connectivity index is 2.13. The Bertz CT molecular complexity index is 722. The van der Waals surface area contributed by atoms with Crippen molar-refractivity contribution >= 4 is 10.0 Å². The fourth-order valence-electron chi connectivity index (χ4n) is 2.06. The number of sulfonamides is 1. The van der Waals surface area contributed by atoms with Crippen molar-refractivity contribution in [3.63, 3.8) is 0 Å². The first-order chi connectivity index (χ1) is 9.92. The summed E-state index contributed by atoms with van der Waals surface area (Å²) in [5.74, 6) is 0.628. The summed E-state index contributed by atoms with van der Waals surface area (Å²) in [6.07, 6.45) is 0. The molecule has 0 aliphatic heterocycles. The van der Waals surface area contributed by atoms with E-state index in [9.17, 15) is 8.42 Å². The summed E-state index contributed by atoms with van der Waals surface area (Å²) in [5, 5.41) is 0. The Labute approximate surface area is 125 Å². The van der Waals surface area contributed by atoms with Gasteiger partial charge in [0.25, 0.3) is 0 Å². The lowest BCUT2D eigenvalue weighted by Crippen LogP contribution is -2.23. The van der Waals surface area contributed by atoms with Gasteiger partial charge in [0.1, 0.15) is 5.75 Å². The van der Waals surface area contributed by atoms with Gasteiger partial charge in [-0.2, -0.15) is 0 Å². The zero-order valence-corrected chi connectivity index (χ0v) is 13.2. The normalized spacial score (nSPS) is 11.4. The maximum atomic E-state index is 12.2. The summed E-state index contributed by atoms with van der Waals surface area (Å²) in [5.41, 5.74) is 3.21. The van der Waals surface area contributed by atoms with Crippen LogP contribution in [0.5, 0.6) is 5.75 Å². The van der Waals surface area contributed by atoms with Crippen molar-refractivity contribution in [3.8, 4) is 5.75 Å². The van der Waals surface area contributed by atoms with Gasteiger partial charge in [0.05, 0.1) is 12.0 Å². The molecule has 0 amide bonds. The van der Waals surface area contributed by atoms with Crippen LogP contribution < -0.4 is 9.46 Å². The number of hydrogen-bond donors (Lipinski definition) is 1. The minimum absolute atomic E-state index is 0.230. The smallest absolute Gasteiger partial charge is 0.240 e. The van der Waals surface area contributed by atoms with Crippen LogP contribution in [0.25, 0.3) is 0 Å². The first kappa shape index (κ1) is 15.5. The van der Waals surface area contributed by atoms with Gasteiger partial charge in [0.2, 0.25) is 10.0 Å². The molecule has 0 spiro atoms. The average molecular weight is 305 g/mol. The Morgan fingerprint density at radius 3 is 2.29 bits per heavy atom. The summed E-state index contributed by atoms with van der Waals surface area (Å²) in [6, 6.07) is 12.3. The lowest BCUT2D eigenvalue weighted by atomic mass is 10.1. The van der Waals surface area contributed by atoms with E-state index in [0.29, 0.717) is 5.75 Å². The molecule has 0 saturated carbocycles. The second-order valence-electron chi connectivity index (χ2n) is 4.93. The maximum Gasteiger partial charge on any atom is 0.240 e. The molecule has 21 heavy (non-hydrogen) atoms. The van der Waals surface area contributed by atoms with E-state index < -0.39 is 10.0 Å². The van der Waals surface area contributed by atoms with Gasteiger partial charge in [-0.15, -0.1) is 0 Å². The Morgan fingerprint density at radius 1 is 1.05 bits per heavy atom. The van der Waals surface area contributed by atoms with Gasteiger partial charge in [-0.05, 0) is 49.2 Å². The van der Waals surface area contributed by atoms with Gasteiger partial charge in [0, 0.05) is 6.54 Å². The molecule has 0 heterocycles. The highest BCUT2D eigenvalue weighted by molar-refractivity contribution is 7.89. The second-order valence-corrected chi connectivity index (χ2v) is 6.70. The molecular formula is C16H19NO3S. The third-order valence-electron chi connectivity index (χ3n) is 3.32. The van der Waals surface area contributed by atoms with Crippen LogP contribution in [0.1, 0.15) is 16.7 Å². The van der Waals surface area contributed by atoms with Crippen LogP contribution in [-0.4, -0.2) is 15.5 Å².